The van der Waals surface area contributed by atoms with Crippen LogP contribution in [-0.2, 0) is 0 Å². The summed E-state index contributed by atoms with van der Waals surface area (Å²) in [7, 11) is 2.93. The number of anilines is 1. The van der Waals surface area contributed by atoms with Crippen LogP contribution in [0, 0.1) is 6.92 Å². The number of methoxy groups -OCH3 is 2. The van der Waals surface area contributed by atoms with Crippen LogP contribution in [0.15, 0.2) is 35.1 Å². The van der Waals surface area contributed by atoms with Gasteiger partial charge >= 0.3 is 0 Å². The highest BCUT2D eigenvalue weighted by Crippen LogP contribution is 2.28. The molecular weight excluding hydrogens is 272 g/mol. The summed E-state index contributed by atoms with van der Waals surface area (Å²) in [6.45, 7) is 1.76. The van der Waals surface area contributed by atoms with Gasteiger partial charge in [0.25, 0.3) is 11.5 Å². The Bertz CT molecular complexity index is 700. The minimum atomic E-state index is -0.473. The SMILES string of the molecule is COc1cccc(OC)c1C(=O)Nc1ccc(C)[nH]c1=O. The number of pyridine rings is 1. The molecule has 2 aromatic rings. The van der Waals surface area contributed by atoms with Gasteiger partial charge < -0.3 is 19.8 Å². The summed E-state index contributed by atoms with van der Waals surface area (Å²) in [6, 6.07) is 8.27. The van der Waals surface area contributed by atoms with Gasteiger partial charge in [-0.2, -0.15) is 0 Å². The molecule has 0 spiro atoms. The van der Waals surface area contributed by atoms with Crippen molar-refractivity contribution in [1.82, 2.24) is 4.98 Å². The van der Waals surface area contributed by atoms with Crippen LogP contribution in [0.4, 0.5) is 5.69 Å². The van der Waals surface area contributed by atoms with Crippen LogP contribution >= 0.6 is 0 Å². The number of amides is 1. The summed E-state index contributed by atoms with van der Waals surface area (Å²) in [5.74, 6) is 0.268. The molecule has 0 saturated carbocycles. The van der Waals surface area contributed by atoms with Crippen LogP contribution < -0.4 is 20.3 Å². The standard InChI is InChI=1S/C15H16N2O4/c1-9-7-8-10(14(18)16-9)17-15(19)13-11(20-2)5-4-6-12(13)21-3/h4-8H,1-3H3,(H,16,18)(H,17,19). The van der Waals surface area contributed by atoms with E-state index in [2.05, 4.69) is 10.3 Å². The second kappa shape index (κ2) is 6.13. The summed E-state index contributed by atoms with van der Waals surface area (Å²) in [6.07, 6.45) is 0. The van der Waals surface area contributed by atoms with Crippen LogP contribution in [0.3, 0.4) is 0 Å². The molecule has 0 unspecified atom stereocenters. The molecule has 0 radical (unpaired) electrons. The lowest BCUT2D eigenvalue weighted by Gasteiger charge is -2.12. The number of nitrogens with one attached hydrogen (secondary N) is 2. The molecule has 0 fully saturated rings. The van der Waals surface area contributed by atoms with Crippen molar-refractivity contribution in [3.63, 3.8) is 0 Å². The Balaban J connectivity index is 2.38. The molecule has 0 aliphatic heterocycles. The average Bonchev–Trinajstić information content (AvgIpc) is 2.49. The van der Waals surface area contributed by atoms with Crippen LogP contribution in [0.2, 0.25) is 0 Å². The first-order valence-corrected chi connectivity index (χ1v) is 6.29. The first-order chi connectivity index (χ1) is 10.1. The maximum Gasteiger partial charge on any atom is 0.271 e. The van der Waals surface area contributed by atoms with Gasteiger partial charge in [-0.1, -0.05) is 6.07 Å². The van der Waals surface area contributed by atoms with E-state index in [1.807, 2.05) is 0 Å². The van der Waals surface area contributed by atoms with Crippen molar-refractivity contribution in [1.29, 1.82) is 0 Å². The number of carbonyl (C=O) groups excluding carboxylic acids is 1. The van der Waals surface area contributed by atoms with Crippen LogP contribution in [0.1, 0.15) is 16.1 Å². The van der Waals surface area contributed by atoms with Crippen molar-refractivity contribution in [3.05, 3.63) is 51.9 Å². The monoisotopic (exact) mass is 288 g/mol. The highest BCUT2D eigenvalue weighted by atomic mass is 16.5. The first kappa shape index (κ1) is 14.6. The molecule has 0 aliphatic rings. The Morgan fingerprint density at radius 1 is 1.10 bits per heavy atom. The Morgan fingerprint density at radius 2 is 1.71 bits per heavy atom. The molecule has 1 aromatic carbocycles. The number of H-pyrrole nitrogens is 1. The fraction of sp³-hybridized carbons (Fsp3) is 0.200. The number of hydrogen-bond acceptors (Lipinski definition) is 4. The number of aryl methyl sites for hydroxylation is 1. The third-order valence-electron chi connectivity index (χ3n) is 2.96. The van der Waals surface area contributed by atoms with E-state index < -0.39 is 5.91 Å². The molecule has 0 saturated heterocycles. The van der Waals surface area contributed by atoms with E-state index in [1.165, 1.54) is 14.2 Å². The van der Waals surface area contributed by atoms with Crippen LogP contribution in [0.25, 0.3) is 0 Å². The molecule has 0 atom stereocenters. The Morgan fingerprint density at radius 3 is 2.24 bits per heavy atom. The molecular formula is C15H16N2O4. The summed E-state index contributed by atoms with van der Waals surface area (Å²) in [4.78, 5) is 26.8. The maximum absolute atomic E-state index is 12.4. The zero-order valence-corrected chi connectivity index (χ0v) is 12.0. The Labute approximate surface area is 121 Å². The third-order valence-corrected chi connectivity index (χ3v) is 2.96. The number of ether oxygens (including phenoxy) is 2. The topological polar surface area (TPSA) is 80.4 Å². The van der Waals surface area contributed by atoms with Crippen LogP contribution in [-0.4, -0.2) is 25.1 Å². The smallest absolute Gasteiger partial charge is 0.271 e. The van der Waals surface area contributed by atoms with Gasteiger partial charge in [-0.15, -0.1) is 0 Å². The van der Waals surface area contributed by atoms with Gasteiger partial charge in [-0.25, -0.2) is 0 Å². The molecule has 1 amide bonds. The van der Waals surface area contributed by atoms with E-state index >= 15 is 0 Å². The zero-order chi connectivity index (χ0) is 15.4. The molecule has 110 valence electrons. The lowest BCUT2D eigenvalue weighted by Crippen LogP contribution is -2.21. The number of rotatable bonds is 4. The molecule has 21 heavy (non-hydrogen) atoms. The third kappa shape index (κ3) is 3.05. The van der Waals surface area contributed by atoms with Gasteiger partial charge in [-0.05, 0) is 31.2 Å². The average molecular weight is 288 g/mol. The molecule has 6 nitrogen and oxygen atoms in total. The van der Waals surface area contributed by atoms with Crippen molar-refractivity contribution < 1.29 is 14.3 Å². The minimum absolute atomic E-state index is 0.165. The number of aromatic nitrogens is 1. The molecule has 1 aromatic heterocycles. The summed E-state index contributed by atoms with van der Waals surface area (Å²) in [5, 5.41) is 2.56. The van der Waals surface area contributed by atoms with Gasteiger partial charge in [0, 0.05) is 5.69 Å². The lowest BCUT2D eigenvalue weighted by atomic mass is 10.1. The highest BCUT2D eigenvalue weighted by molar-refractivity contribution is 6.08. The summed E-state index contributed by atoms with van der Waals surface area (Å²) < 4.78 is 10.3. The van der Waals surface area contributed by atoms with Crippen molar-refractivity contribution in [3.8, 4) is 11.5 Å². The van der Waals surface area contributed by atoms with Gasteiger partial charge in [0.1, 0.15) is 22.7 Å². The van der Waals surface area contributed by atoms with E-state index in [4.69, 9.17) is 9.47 Å². The van der Waals surface area contributed by atoms with Crippen LogP contribution in [0.5, 0.6) is 11.5 Å². The molecule has 2 N–H and O–H groups in total. The predicted molar refractivity (Wildman–Crippen MR) is 79.3 cm³/mol. The largest absolute Gasteiger partial charge is 0.496 e. The number of hydrogen-bond donors (Lipinski definition) is 2. The zero-order valence-electron chi connectivity index (χ0n) is 12.0. The summed E-state index contributed by atoms with van der Waals surface area (Å²) >= 11 is 0. The van der Waals surface area contributed by atoms with E-state index in [0.29, 0.717) is 17.2 Å². The molecule has 0 bridgehead atoms. The van der Waals surface area contributed by atoms with Crippen molar-refractivity contribution in [2.75, 3.05) is 19.5 Å². The second-order valence-electron chi connectivity index (χ2n) is 4.38. The minimum Gasteiger partial charge on any atom is -0.496 e. The van der Waals surface area contributed by atoms with E-state index in [9.17, 15) is 9.59 Å². The van der Waals surface area contributed by atoms with Crippen molar-refractivity contribution in [2.24, 2.45) is 0 Å². The molecule has 1 heterocycles. The van der Waals surface area contributed by atoms with E-state index in [0.717, 1.165) is 0 Å². The lowest BCUT2D eigenvalue weighted by molar-refractivity contribution is 0.102. The molecule has 6 heteroatoms. The number of aromatic amines is 1. The number of carbonyl (C=O) groups is 1. The predicted octanol–water partition coefficient (Wildman–Crippen LogP) is 1.95. The maximum atomic E-state index is 12.4. The van der Waals surface area contributed by atoms with E-state index in [1.54, 1.807) is 37.3 Å². The van der Waals surface area contributed by atoms with Gasteiger partial charge in [-0.3, -0.25) is 9.59 Å². The fourth-order valence-corrected chi connectivity index (χ4v) is 1.93. The molecule has 0 aliphatic carbocycles. The summed E-state index contributed by atoms with van der Waals surface area (Å²) in [5.41, 5.74) is 0.756. The Kier molecular flexibility index (Phi) is 4.27. The van der Waals surface area contributed by atoms with E-state index in [-0.39, 0.29) is 16.8 Å². The van der Waals surface area contributed by atoms with Crippen molar-refractivity contribution in [2.45, 2.75) is 6.92 Å². The first-order valence-electron chi connectivity index (χ1n) is 6.29. The van der Waals surface area contributed by atoms with Gasteiger partial charge in [0.2, 0.25) is 0 Å². The number of benzene rings is 1. The van der Waals surface area contributed by atoms with Gasteiger partial charge in [0.15, 0.2) is 0 Å². The fourth-order valence-electron chi connectivity index (χ4n) is 1.93. The normalized spacial score (nSPS) is 10.0. The second-order valence-corrected chi connectivity index (χ2v) is 4.38. The quantitative estimate of drug-likeness (QED) is 0.901. The molecule has 2 rings (SSSR count). The Hall–Kier alpha value is -2.76. The van der Waals surface area contributed by atoms with Crippen molar-refractivity contribution >= 4 is 11.6 Å². The van der Waals surface area contributed by atoms with Gasteiger partial charge in [0.05, 0.1) is 14.2 Å². The highest BCUT2D eigenvalue weighted by Gasteiger charge is 2.19.